The van der Waals surface area contributed by atoms with E-state index in [2.05, 4.69) is 0 Å². The van der Waals surface area contributed by atoms with E-state index in [4.69, 9.17) is 15.2 Å². The first-order valence-corrected chi connectivity index (χ1v) is 5.03. The zero-order chi connectivity index (χ0) is 10.8. The van der Waals surface area contributed by atoms with E-state index in [9.17, 15) is 5.11 Å². The van der Waals surface area contributed by atoms with Crippen LogP contribution in [-0.4, -0.2) is 43.7 Å². The molecule has 1 aliphatic rings. The molecule has 0 aromatic carbocycles. The summed E-state index contributed by atoms with van der Waals surface area (Å²) in [5.74, 6) is 0. The van der Waals surface area contributed by atoms with Crippen LogP contribution in [0.3, 0.4) is 0 Å². The Hall–Kier alpha value is -0.160. The molecule has 3 unspecified atom stereocenters. The van der Waals surface area contributed by atoms with Gasteiger partial charge in [-0.25, -0.2) is 0 Å². The number of hydrogen-bond acceptors (Lipinski definition) is 4. The van der Waals surface area contributed by atoms with Crippen LogP contribution in [0.25, 0.3) is 0 Å². The fourth-order valence-corrected chi connectivity index (χ4v) is 2.03. The second-order valence-corrected chi connectivity index (χ2v) is 4.31. The van der Waals surface area contributed by atoms with Crippen LogP contribution in [-0.2, 0) is 9.47 Å². The highest BCUT2D eigenvalue weighted by atomic mass is 16.5. The Morgan fingerprint density at radius 1 is 1.71 bits per heavy atom. The summed E-state index contributed by atoms with van der Waals surface area (Å²) in [6, 6.07) is 0. The quantitative estimate of drug-likeness (QED) is 0.682. The summed E-state index contributed by atoms with van der Waals surface area (Å²) in [6.45, 7) is 5.25. The van der Waals surface area contributed by atoms with E-state index in [0.29, 0.717) is 19.8 Å². The van der Waals surface area contributed by atoms with Gasteiger partial charge in [0.05, 0.1) is 18.3 Å². The van der Waals surface area contributed by atoms with Gasteiger partial charge in [0.15, 0.2) is 0 Å². The molecule has 1 aliphatic heterocycles. The third-order valence-corrected chi connectivity index (χ3v) is 3.71. The zero-order valence-electron chi connectivity index (χ0n) is 9.25. The van der Waals surface area contributed by atoms with E-state index in [0.717, 1.165) is 6.42 Å². The van der Waals surface area contributed by atoms with Crippen molar-refractivity contribution in [1.82, 2.24) is 0 Å². The Labute approximate surface area is 85.4 Å². The number of methoxy groups -OCH3 is 1. The lowest BCUT2D eigenvalue weighted by molar-refractivity contribution is -0.149. The molecule has 0 aromatic heterocycles. The summed E-state index contributed by atoms with van der Waals surface area (Å²) in [5.41, 5.74) is 4.46. The SMILES string of the molecule is COC(C)C(C)(O)C1(CN)CCOC1. The molecule has 0 aromatic rings. The minimum absolute atomic E-state index is 0.243. The molecule has 0 spiro atoms. The molecule has 1 rings (SSSR count). The molecule has 0 aliphatic carbocycles. The molecule has 0 amide bonds. The Kier molecular flexibility index (Phi) is 3.53. The van der Waals surface area contributed by atoms with E-state index in [-0.39, 0.29) is 11.5 Å². The minimum atomic E-state index is -0.937. The fourth-order valence-electron chi connectivity index (χ4n) is 2.03. The summed E-state index contributed by atoms with van der Waals surface area (Å²) in [4.78, 5) is 0. The molecule has 0 bridgehead atoms. The Balaban J connectivity index is 2.86. The maximum absolute atomic E-state index is 10.4. The van der Waals surface area contributed by atoms with E-state index >= 15 is 0 Å². The maximum atomic E-state index is 10.4. The molecular weight excluding hydrogens is 182 g/mol. The summed E-state index contributed by atoms with van der Waals surface area (Å²) in [6.07, 6.45) is 0.553. The van der Waals surface area contributed by atoms with E-state index in [1.165, 1.54) is 0 Å². The monoisotopic (exact) mass is 203 g/mol. The predicted octanol–water partition coefficient (Wildman–Crippen LogP) is 0.138. The lowest BCUT2D eigenvalue weighted by Crippen LogP contribution is -2.57. The molecule has 14 heavy (non-hydrogen) atoms. The van der Waals surface area contributed by atoms with Gasteiger partial charge in [-0.1, -0.05) is 0 Å². The lowest BCUT2D eigenvalue weighted by Gasteiger charge is -2.44. The Morgan fingerprint density at radius 3 is 2.71 bits per heavy atom. The normalized spacial score (nSPS) is 34.1. The molecule has 1 saturated heterocycles. The van der Waals surface area contributed by atoms with Gasteiger partial charge in [0, 0.05) is 25.7 Å². The highest BCUT2D eigenvalue weighted by Crippen LogP contribution is 2.41. The highest BCUT2D eigenvalue weighted by molar-refractivity contribution is 5.02. The van der Waals surface area contributed by atoms with Gasteiger partial charge >= 0.3 is 0 Å². The highest BCUT2D eigenvalue weighted by Gasteiger charge is 2.52. The second kappa shape index (κ2) is 4.14. The van der Waals surface area contributed by atoms with Crippen molar-refractivity contribution in [2.24, 2.45) is 11.1 Å². The first-order valence-electron chi connectivity index (χ1n) is 5.03. The predicted molar refractivity (Wildman–Crippen MR) is 54.0 cm³/mol. The number of ether oxygens (including phenoxy) is 2. The van der Waals surface area contributed by atoms with Crippen molar-refractivity contribution in [3.05, 3.63) is 0 Å². The number of rotatable bonds is 4. The lowest BCUT2D eigenvalue weighted by atomic mass is 9.69. The standard InChI is InChI=1S/C10H21NO3/c1-8(13-3)9(2,12)10(6-11)4-5-14-7-10/h8,12H,4-7,11H2,1-3H3. The van der Waals surface area contributed by atoms with E-state index < -0.39 is 5.60 Å². The molecule has 4 nitrogen and oxygen atoms in total. The summed E-state index contributed by atoms with van der Waals surface area (Å²) >= 11 is 0. The molecular formula is C10H21NO3. The third-order valence-electron chi connectivity index (χ3n) is 3.71. The van der Waals surface area contributed by atoms with Crippen molar-refractivity contribution >= 4 is 0 Å². The maximum Gasteiger partial charge on any atom is 0.0968 e. The van der Waals surface area contributed by atoms with Crippen molar-refractivity contribution in [3.8, 4) is 0 Å². The fraction of sp³-hybridized carbons (Fsp3) is 1.00. The Morgan fingerprint density at radius 2 is 2.36 bits per heavy atom. The summed E-state index contributed by atoms with van der Waals surface area (Å²) < 4.78 is 10.5. The van der Waals surface area contributed by atoms with Gasteiger partial charge in [0.2, 0.25) is 0 Å². The molecule has 84 valence electrons. The average molecular weight is 203 g/mol. The van der Waals surface area contributed by atoms with Crippen LogP contribution in [0.15, 0.2) is 0 Å². The zero-order valence-corrected chi connectivity index (χ0v) is 9.25. The van der Waals surface area contributed by atoms with Crippen LogP contribution in [0.1, 0.15) is 20.3 Å². The largest absolute Gasteiger partial charge is 0.387 e. The van der Waals surface area contributed by atoms with Crippen molar-refractivity contribution in [2.45, 2.75) is 32.0 Å². The van der Waals surface area contributed by atoms with E-state index in [1.54, 1.807) is 14.0 Å². The van der Waals surface area contributed by atoms with Crippen LogP contribution in [0.5, 0.6) is 0 Å². The van der Waals surface area contributed by atoms with Crippen LogP contribution in [0.4, 0.5) is 0 Å². The van der Waals surface area contributed by atoms with Gasteiger partial charge in [-0.15, -0.1) is 0 Å². The van der Waals surface area contributed by atoms with Gasteiger partial charge in [0.1, 0.15) is 0 Å². The molecule has 4 heteroatoms. The van der Waals surface area contributed by atoms with Gasteiger partial charge in [-0.2, -0.15) is 0 Å². The average Bonchev–Trinajstić information content (AvgIpc) is 2.66. The molecule has 3 N–H and O–H groups in total. The third kappa shape index (κ3) is 1.67. The molecule has 0 radical (unpaired) electrons. The number of nitrogens with two attached hydrogens (primary N) is 1. The number of hydrogen-bond donors (Lipinski definition) is 2. The Bertz CT molecular complexity index is 188. The van der Waals surface area contributed by atoms with Gasteiger partial charge in [0.25, 0.3) is 0 Å². The summed E-state index contributed by atoms with van der Waals surface area (Å²) in [5, 5.41) is 10.4. The topological polar surface area (TPSA) is 64.7 Å². The van der Waals surface area contributed by atoms with Gasteiger partial charge in [-0.05, 0) is 20.3 Å². The summed E-state index contributed by atoms with van der Waals surface area (Å²) in [7, 11) is 1.60. The molecule has 0 saturated carbocycles. The first kappa shape index (κ1) is 11.9. The molecule has 1 fully saturated rings. The van der Waals surface area contributed by atoms with Gasteiger partial charge < -0.3 is 20.3 Å². The van der Waals surface area contributed by atoms with Crippen molar-refractivity contribution in [1.29, 1.82) is 0 Å². The number of aliphatic hydroxyl groups is 1. The van der Waals surface area contributed by atoms with Crippen LogP contribution in [0.2, 0.25) is 0 Å². The molecule has 3 atom stereocenters. The van der Waals surface area contributed by atoms with Crippen LogP contribution in [0, 0.1) is 5.41 Å². The smallest absolute Gasteiger partial charge is 0.0968 e. The van der Waals surface area contributed by atoms with Gasteiger partial charge in [-0.3, -0.25) is 0 Å². The van der Waals surface area contributed by atoms with Crippen molar-refractivity contribution in [2.75, 3.05) is 26.9 Å². The molecule has 1 heterocycles. The van der Waals surface area contributed by atoms with E-state index in [1.807, 2.05) is 6.92 Å². The van der Waals surface area contributed by atoms with Crippen molar-refractivity contribution in [3.63, 3.8) is 0 Å². The van der Waals surface area contributed by atoms with Crippen molar-refractivity contribution < 1.29 is 14.6 Å². The van der Waals surface area contributed by atoms with Crippen LogP contribution >= 0.6 is 0 Å². The van der Waals surface area contributed by atoms with Crippen LogP contribution < -0.4 is 5.73 Å². The first-order chi connectivity index (χ1) is 6.50. The second-order valence-electron chi connectivity index (χ2n) is 4.31. The minimum Gasteiger partial charge on any atom is -0.387 e.